The van der Waals surface area contributed by atoms with E-state index in [0.29, 0.717) is 11.1 Å². The van der Waals surface area contributed by atoms with Gasteiger partial charge >= 0.3 is 11.9 Å². The lowest BCUT2D eigenvalue weighted by Gasteiger charge is -2.43. The molecule has 2 aromatic carbocycles. The third kappa shape index (κ3) is 2.51. The Morgan fingerprint density at radius 1 is 0.806 bits per heavy atom. The highest BCUT2D eigenvalue weighted by Crippen LogP contribution is 2.72. The van der Waals surface area contributed by atoms with Crippen LogP contribution in [0, 0.1) is 11.8 Å². The molecule has 3 aliphatic rings. The summed E-state index contributed by atoms with van der Waals surface area (Å²) in [7, 11) is 3.37. The summed E-state index contributed by atoms with van der Waals surface area (Å²) in [6.45, 7) is 4.08. The molecule has 1 saturated carbocycles. The van der Waals surface area contributed by atoms with Crippen molar-refractivity contribution in [3.05, 3.63) is 46.5 Å². The second-order valence-electron chi connectivity index (χ2n) is 8.21. The second-order valence-corrected chi connectivity index (χ2v) is 8.21. The molecule has 0 aromatic heterocycles. The number of carbonyl (C=O) groups excluding carboxylic acids is 2. The predicted molar refractivity (Wildman–Crippen MR) is 114 cm³/mol. The first-order chi connectivity index (χ1) is 15.1. The molecule has 0 spiro atoms. The molecule has 2 bridgehead atoms. The maximum absolute atomic E-state index is 12.8. The molecule has 162 valence electrons. The smallest absolute Gasteiger partial charge is 0.334 e. The molecule has 2 aromatic rings. The molecule has 6 heteroatoms. The highest BCUT2D eigenvalue weighted by Gasteiger charge is 2.64. The third-order valence-corrected chi connectivity index (χ3v) is 7.05. The molecule has 5 rings (SSSR count). The van der Waals surface area contributed by atoms with E-state index >= 15 is 0 Å². The van der Waals surface area contributed by atoms with Gasteiger partial charge in [-0.25, -0.2) is 9.59 Å². The van der Waals surface area contributed by atoms with Gasteiger partial charge in [-0.1, -0.05) is 24.3 Å². The van der Waals surface area contributed by atoms with E-state index in [2.05, 4.69) is 0 Å². The maximum Gasteiger partial charge on any atom is 0.334 e. The largest absolute Gasteiger partial charge is 0.496 e. The van der Waals surface area contributed by atoms with Gasteiger partial charge in [0.2, 0.25) is 0 Å². The molecular formula is C25H26O6. The predicted octanol–water partition coefficient (Wildman–Crippen LogP) is 4.11. The minimum Gasteiger partial charge on any atom is -0.496 e. The summed E-state index contributed by atoms with van der Waals surface area (Å²) in [6.07, 6.45) is 0.847. The van der Waals surface area contributed by atoms with Gasteiger partial charge in [0.05, 0.1) is 38.6 Å². The van der Waals surface area contributed by atoms with Gasteiger partial charge < -0.3 is 18.9 Å². The van der Waals surface area contributed by atoms with Crippen LogP contribution in [0.1, 0.15) is 43.2 Å². The summed E-state index contributed by atoms with van der Waals surface area (Å²) >= 11 is 0. The third-order valence-electron chi connectivity index (χ3n) is 7.05. The Morgan fingerprint density at radius 3 is 1.58 bits per heavy atom. The number of ether oxygens (including phenoxy) is 4. The van der Waals surface area contributed by atoms with Crippen LogP contribution in [0.4, 0.5) is 0 Å². The Bertz CT molecular complexity index is 1040. The van der Waals surface area contributed by atoms with E-state index in [9.17, 15) is 9.59 Å². The van der Waals surface area contributed by atoms with Gasteiger partial charge in [0.15, 0.2) is 0 Å². The van der Waals surface area contributed by atoms with Crippen molar-refractivity contribution >= 4 is 22.7 Å². The van der Waals surface area contributed by atoms with E-state index in [0.717, 1.165) is 39.8 Å². The van der Waals surface area contributed by atoms with Crippen molar-refractivity contribution in [2.75, 3.05) is 27.4 Å². The Morgan fingerprint density at radius 2 is 1.23 bits per heavy atom. The molecule has 0 aliphatic heterocycles. The molecule has 0 radical (unpaired) electrons. The van der Waals surface area contributed by atoms with E-state index < -0.39 is 11.9 Å². The van der Waals surface area contributed by atoms with E-state index in [4.69, 9.17) is 18.9 Å². The van der Waals surface area contributed by atoms with Crippen molar-refractivity contribution in [3.8, 4) is 11.5 Å². The summed E-state index contributed by atoms with van der Waals surface area (Å²) in [5.41, 5.74) is 3.18. The Hall–Kier alpha value is -3.02. The average molecular weight is 422 g/mol. The first-order valence-corrected chi connectivity index (χ1v) is 10.8. The van der Waals surface area contributed by atoms with Gasteiger partial charge in [-0.2, -0.15) is 0 Å². The molecule has 0 heterocycles. The summed E-state index contributed by atoms with van der Waals surface area (Å²) in [4.78, 5) is 25.6. The van der Waals surface area contributed by atoms with Crippen LogP contribution in [0.15, 0.2) is 35.4 Å². The van der Waals surface area contributed by atoms with Crippen molar-refractivity contribution in [1.29, 1.82) is 0 Å². The minimum atomic E-state index is -0.410. The van der Waals surface area contributed by atoms with Crippen LogP contribution in [-0.4, -0.2) is 39.4 Å². The number of methoxy groups -OCH3 is 2. The van der Waals surface area contributed by atoms with Crippen LogP contribution >= 0.6 is 0 Å². The number of esters is 2. The molecule has 6 nitrogen and oxygen atoms in total. The highest BCUT2D eigenvalue weighted by molar-refractivity contribution is 6.06. The molecule has 1 fully saturated rings. The Balaban J connectivity index is 1.71. The van der Waals surface area contributed by atoms with E-state index in [1.54, 1.807) is 28.1 Å². The summed E-state index contributed by atoms with van der Waals surface area (Å²) < 4.78 is 22.5. The minimum absolute atomic E-state index is 0.0595. The Kier molecular flexibility index (Phi) is 4.68. The number of fused-ring (bicyclic) bond motifs is 9. The summed E-state index contributed by atoms with van der Waals surface area (Å²) in [6, 6.07) is 8.04. The van der Waals surface area contributed by atoms with Crippen LogP contribution < -0.4 is 9.47 Å². The second kappa shape index (κ2) is 7.29. The number of hydrogen-bond donors (Lipinski definition) is 0. The molecule has 4 atom stereocenters. The molecule has 0 N–H and O–H groups in total. The molecule has 0 unspecified atom stereocenters. The monoisotopic (exact) mass is 422 g/mol. The van der Waals surface area contributed by atoms with Crippen molar-refractivity contribution in [1.82, 2.24) is 0 Å². The van der Waals surface area contributed by atoms with Crippen LogP contribution in [0.2, 0.25) is 0 Å². The van der Waals surface area contributed by atoms with E-state index in [1.165, 1.54) is 0 Å². The van der Waals surface area contributed by atoms with Gasteiger partial charge in [-0.3, -0.25) is 0 Å². The van der Waals surface area contributed by atoms with Gasteiger partial charge in [-0.05, 0) is 32.1 Å². The molecule has 0 amide bonds. The maximum atomic E-state index is 12.8. The quantitative estimate of drug-likeness (QED) is 0.653. The highest BCUT2D eigenvalue weighted by atomic mass is 16.5. The van der Waals surface area contributed by atoms with Gasteiger partial charge in [-0.15, -0.1) is 0 Å². The zero-order valence-electron chi connectivity index (χ0n) is 18.2. The Labute approximate surface area is 181 Å². The molecule has 31 heavy (non-hydrogen) atoms. The first kappa shape index (κ1) is 19.9. The number of hydrogen-bond acceptors (Lipinski definition) is 6. The normalized spacial score (nSPS) is 25.0. The lowest BCUT2D eigenvalue weighted by molar-refractivity contribution is -0.145. The summed E-state index contributed by atoms with van der Waals surface area (Å²) in [5, 5.41) is 1.99. The number of rotatable bonds is 6. The van der Waals surface area contributed by atoms with Crippen LogP contribution in [0.3, 0.4) is 0 Å². The molecule has 3 aliphatic carbocycles. The lowest BCUT2D eigenvalue weighted by atomic mass is 9.59. The fraction of sp³-hybridized carbons (Fsp3) is 0.440. The molecule has 0 saturated heterocycles. The van der Waals surface area contributed by atoms with E-state index in [1.807, 2.05) is 24.3 Å². The van der Waals surface area contributed by atoms with Gasteiger partial charge in [0, 0.05) is 33.7 Å². The van der Waals surface area contributed by atoms with Gasteiger partial charge in [0.25, 0.3) is 0 Å². The summed E-state index contributed by atoms with van der Waals surface area (Å²) in [5.74, 6) is 0.897. The van der Waals surface area contributed by atoms with Crippen LogP contribution in [0.5, 0.6) is 11.5 Å². The topological polar surface area (TPSA) is 71.1 Å². The van der Waals surface area contributed by atoms with Crippen LogP contribution in [0.25, 0.3) is 10.8 Å². The average Bonchev–Trinajstić information content (AvgIpc) is 3.25. The lowest BCUT2D eigenvalue weighted by Crippen LogP contribution is -2.42. The standard InChI is InChI=1S/C25H26O6/c1-5-30-24(26)20-16-14-11-15(17(16)21(20)25(27)31-6-2)19-18(14)22(28-3)12-9-7-8-10-13(12)23(19)29-4/h7-10,14-17H,5-6,11H2,1-4H3/t14-,15+,16+,17-. The SMILES string of the molecule is CCOC(=O)C1=C(C(=O)OCC)[C@H]2[C@@H]1[C@H]1C[C@@H]2c2c1c(OC)c1ccccc1c2OC. The van der Waals surface area contributed by atoms with Crippen molar-refractivity contribution < 1.29 is 28.5 Å². The number of benzene rings is 2. The van der Waals surface area contributed by atoms with Crippen LogP contribution in [-0.2, 0) is 19.1 Å². The zero-order chi connectivity index (χ0) is 21.9. The fourth-order valence-corrected chi connectivity index (χ4v) is 6.19. The van der Waals surface area contributed by atoms with Crippen molar-refractivity contribution in [2.45, 2.75) is 32.1 Å². The first-order valence-electron chi connectivity index (χ1n) is 10.8. The zero-order valence-corrected chi connectivity index (χ0v) is 18.2. The fourth-order valence-electron chi connectivity index (χ4n) is 6.19. The van der Waals surface area contributed by atoms with Gasteiger partial charge in [0.1, 0.15) is 11.5 Å². The van der Waals surface area contributed by atoms with Crippen molar-refractivity contribution in [3.63, 3.8) is 0 Å². The number of carbonyl (C=O) groups is 2. The molecular weight excluding hydrogens is 396 g/mol. The van der Waals surface area contributed by atoms with Crippen molar-refractivity contribution in [2.24, 2.45) is 11.8 Å². The van der Waals surface area contributed by atoms with E-state index in [-0.39, 0.29) is 36.9 Å².